The van der Waals surface area contributed by atoms with Crippen LogP contribution in [0.5, 0.6) is 0 Å². The van der Waals surface area contributed by atoms with E-state index in [9.17, 15) is 18.3 Å². The monoisotopic (exact) mass is 326 g/mol. The van der Waals surface area contributed by atoms with E-state index >= 15 is 0 Å². The van der Waals surface area contributed by atoms with Gasteiger partial charge in [-0.1, -0.05) is 0 Å². The molecule has 0 saturated heterocycles. The summed E-state index contributed by atoms with van der Waals surface area (Å²) in [6.45, 7) is 1.89. The van der Waals surface area contributed by atoms with E-state index in [-0.39, 0.29) is 16.5 Å². The fourth-order valence-corrected chi connectivity index (χ4v) is 3.14. The van der Waals surface area contributed by atoms with Crippen LogP contribution in [-0.2, 0) is 10.0 Å². The van der Waals surface area contributed by atoms with Crippen molar-refractivity contribution in [3.63, 3.8) is 0 Å². The Bertz CT molecular complexity index is 754. The number of anilines is 1. The summed E-state index contributed by atoms with van der Waals surface area (Å²) in [5, 5.41) is 21.2. The predicted molar refractivity (Wildman–Crippen MR) is 81.1 cm³/mol. The van der Waals surface area contributed by atoms with E-state index in [4.69, 9.17) is 5.14 Å². The van der Waals surface area contributed by atoms with E-state index in [0.717, 1.165) is 11.6 Å². The number of hydrogen-bond donors (Lipinski definition) is 3. The van der Waals surface area contributed by atoms with Gasteiger partial charge in [-0.15, -0.1) is 0 Å². The number of sulfonamides is 1. The topological polar surface area (TPSA) is 109 Å². The molecule has 1 atom stereocenters. The van der Waals surface area contributed by atoms with Crippen LogP contribution in [0.3, 0.4) is 0 Å². The van der Waals surface area contributed by atoms with Gasteiger partial charge in [-0.05, 0) is 47.5 Å². The molecule has 112 valence electrons. The molecule has 0 amide bonds. The summed E-state index contributed by atoms with van der Waals surface area (Å²) in [4.78, 5) is 11.1. The maximum atomic E-state index is 11.3. The molecule has 0 radical (unpaired) electrons. The van der Waals surface area contributed by atoms with Gasteiger partial charge in [-0.3, -0.25) is 0 Å². The van der Waals surface area contributed by atoms with Gasteiger partial charge in [0.1, 0.15) is 0 Å². The van der Waals surface area contributed by atoms with Crippen molar-refractivity contribution in [2.75, 3.05) is 5.32 Å². The summed E-state index contributed by atoms with van der Waals surface area (Å²) in [5.74, 6) is -1.22. The lowest BCUT2D eigenvalue weighted by Gasteiger charge is -2.16. The molecule has 0 aliphatic heterocycles. The molecular formula is C13H14N2O4S2. The molecule has 1 heterocycles. The highest BCUT2D eigenvalue weighted by Crippen LogP contribution is 2.25. The molecule has 0 fully saturated rings. The molecule has 6 nitrogen and oxygen atoms in total. The number of aromatic carboxylic acids is 1. The number of carboxylic acids is 1. The molecular weight excluding hydrogens is 312 g/mol. The molecule has 0 saturated carbocycles. The van der Waals surface area contributed by atoms with Crippen molar-refractivity contribution >= 4 is 33.0 Å². The zero-order valence-electron chi connectivity index (χ0n) is 11.1. The SMILES string of the molecule is CC(Nc1ccc(S(N)(=O)=O)cc1C(=O)O)c1ccsc1. The fourth-order valence-electron chi connectivity index (χ4n) is 1.84. The first-order chi connectivity index (χ1) is 9.79. The maximum Gasteiger partial charge on any atom is 0.337 e. The zero-order chi connectivity index (χ0) is 15.6. The van der Waals surface area contributed by atoms with E-state index in [1.165, 1.54) is 12.1 Å². The summed E-state index contributed by atoms with van der Waals surface area (Å²) in [6, 6.07) is 5.58. The van der Waals surface area contributed by atoms with Crippen LogP contribution in [0.4, 0.5) is 5.69 Å². The number of carboxylic acid groups (broad SMARTS) is 1. The van der Waals surface area contributed by atoms with Gasteiger partial charge >= 0.3 is 5.97 Å². The van der Waals surface area contributed by atoms with Crippen molar-refractivity contribution in [2.45, 2.75) is 17.9 Å². The van der Waals surface area contributed by atoms with Gasteiger partial charge in [0.15, 0.2) is 0 Å². The first kappa shape index (κ1) is 15.5. The van der Waals surface area contributed by atoms with Gasteiger partial charge in [0.05, 0.1) is 10.5 Å². The molecule has 8 heteroatoms. The van der Waals surface area contributed by atoms with E-state index in [0.29, 0.717) is 5.69 Å². The summed E-state index contributed by atoms with van der Waals surface area (Å²) in [6.07, 6.45) is 0. The third kappa shape index (κ3) is 3.60. The van der Waals surface area contributed by atoms with Crippen molar-refractivity contribution in [3.05, 3.63) is 46.2 Å². The molecule has 1 aromatic heterocycles. The quantitative estimate of drug-likeness (QED) is 0.781. The largest absolute Gasteiger partial charge is 0.478 e. The van der Waals surface area contributed by atoms with Crippen LogP contribution >= 0.6 is 11.3 Å². The van der Waals surface area contributed by atoms with Gasteiger partial charge in [0, 0.05) is 11.7 Å². The summed E-state index contributed by atoms with van der Waals surface area (Å²) < 4.78 is 22.6. The minimum Gasteiger partial charge on any atom is -0.478 e. The molecule has 2 rings (SSSR count). The Morgan fingerprint density at radius 2 is 2.10 bits per heavy atom. The Balaban J connectivity index is 2.38. The molecule has 4 N–H and O–H groups in total. The predicted octanol–water partition coefficient (Wildman–Crippen LogP) is 2.27. The number of thiophene rings is 1. The number of hydrogen-bond acceptors (Lipinski definition) is 5. The second-order valence-corrected chi connectivity index (χ2v) is 6.82. The summed E-state index contributed by atoms with van der Waals surface area (Å²) in [5.41, 5.74) is 1.23. The number of primary sulfonamides is 1. The summed E-state index contributed by atoms with van der Waals surface area (Å²) in [7, 11) is -3.94. The van der Waals surface area contributed by atoms with E-state index in [2.05, 4.69) is 5.32 Å². The average molecular weight is 326 g/mol. The number of carbonyl (C=O) groups is 1. The van der Waals surface area contributed by atoms with Crippen molar-refractivity contribution in [1.82, 2.24) is 0 Å². The molecule has 0 spiro atoms. The smallest absolute Gasteiger partial charge is 0.337 e. The minimum absolute atomic E-state index is 0.102. The molecule has 0 bridgehead atoms. The Hall–Kier alpha value is -1.90. The van der Waals surface area contributed by atoms with Crippen LogP contribution in [0.2, 0.25) is 0 Å². The fraction of sp³-hybridized carbons (Fsp3) is 0.154. The van der Waals surface area contributed by atoms with Crippen LogP contribution in [-0.4, -0.2) is 19.5 Å². The van der Waals surface area contributed by atoms with E-state index in [1.807, 2.05) is 23.8 Å². The van der Waals surface area contributed by atoms with Crippen molar-refractivity contribution < 1.29 is 18.3 Å². The molecule has 1 aromatic carbocycles. The van der Waals surface area contributed by atoms with E-state index < -0.39 is 16.0 Å². The number of benzene rings is 1. The Morgan fingerprint density at radius 3 is 2.62 bits per heavy atom. The van der Waals surface area contributed by atoms with Crippen molar-refractivity contribution in [3.8, 4) is 0 Å². The van der Waals surface area contributed by atoms with Gasteiger partial charge in [-0.25, -0.2) is 18.4 Å². The first-order valence-electron chi connectivity index (χ1n) is 5.98. The molecule has 2 aromatic rings. The third-order valence-electron chi connectivity index (χ3n) is 2.97. The number of nitrogens with two attached hydrogens (primary N) is 1. The highest BCUT2D eigenvalue weighted by atomic mass is 32.2. The first-order valence-corrected chi connectivity index (χ1v) is 8.46. The highest BCUT2D eigenvalue weighted by molar-refractivity contribution is 7.89. The van der Waals surface area contributed by atoms with Crippen molar-refractivity contribution in [2.24, 2.45) is 5.14 Å². The highest BCUT2D eigenvalue weighted by Gasteiger charge is 2.17. The number of nitrogens with one attached hydrogen (secondary N) is 1. The van der Waals surface area contributed by atoms with E-state index in [1.54, 1.807) is 11.3 Å². The Labute approximate surface area is 126 Å². The lowest BCUT2D eigenvalue weighted by molar-refractivity contribution is 0.0697. The van der Waals surface area contributed by atoms with Crippen LogP contribution < -0.4 is 10.5 Å². The number of rotatable bonds is 5. The van der Waals surface area contributed by atoms with Crippen LogP contribution in [0, 0.1) is 0 Å². The molecule has 21 heavy (non-hydrogen) atoms. The van der Waals surface area contributed by atoms with Crippen LogP contribution in [0.15, 0.2) is 39.9 Å². The molecule has 0 aliphatic carbocycles. The average Bonchev–Trinajstić information content (AvgIpc) is 2.91. The Morgan fingerprint density at radius 1 is 1.38 bits per heavy atom. The standard InChI is InChI=1S/C13H14N2O4S2/c1-8(9-4-5-20-7-9)15-12-3-2-10(21(14,18)19)6-11(12)13(16)17/h2-8,15H,1H3,(H,16,17)(H2,14,18,19). The van der Waals surface area contributed by atoms with Gasteiger partial charge < -0.3 is 10.4 Å². The Kier molecular flexibility index (Phi) is 4.31. The lowest BCUT2D eigenvalue weighted by atomic mass is 10.1. The van der Waals surface area contributed by atoms with Crippen LogP contribution in [0.25, 0.3) is 0 Å². The molecule has 1 unspecified atom stereocenters. The second-order valence-electron chi connectivity index (χ2n) is 4.48. The molecule has 0 aliphatic rings. The second kappa shape index (κ2) is 5.84. The summed E-state index contributed by atoms with van der Waals surface area (Å²) >= 11 is 1.54. The third-order valence-corrected chi connectivity index (χ3v) is 4.58. The maximum absolute atomic E-state index is 11.3. The van der Waals surface area contributed by atoms with Gasteiger partial charge in [0.25, 0.3) is 0 Å². The lowest BCUT2D eigenvalue weighted by Crippen LogP contribution is -2.15. The minimum atomic E-state index is -3.94. The van der Waals surface area contributed by atoms with Gasteiger partial charge in [-0.2, -0.15) is 11.3 Å². The normalized spacial score (nSPS) is 12.9. The zero-order valence-corrected chi connectivity index (χ0v) is 12.7. The van der Waals surface area contributed by atoms with Gasteiger partial charge in [0.2, 0.25) is 10.0 Å². The van der Waals surface area contributed by atoms with Crippen molar-refractivity contribution in [1.29, 1.82) is 0 Å². The van der Waals surface area contributed by atoms with Crippen LogP contribution in [0.1, 0.15) is 28.9 Å².